The van der Waals surface area contributed by atoms with E-state index in [1.807, 2.05) is 0 Å². The lowest BCUT2D eigenvalue weighted by Crippen LogP contribution is -2.13. The number of benzene rings is 3. The van der Waals surface area contributed by atoms with Crippen LogP contribution in [0.4, 0.5) is 17.6 Å². The van der Waals surface area contributed by atoms with Crippen LogP contribution in [0.3, 0.4) is 0 Å². The highest BCUT2D eigenvalue weighted by Crippen LogP contribution is 2.26. The summed E-state index contributed by atoms with van der Waals surface area (Å²) in [4.78, 5) is 12.2. The second-order valence-electron chi connectivity index (χ2n) is 5.81. The van der Waals surface area contributed by atoms with E-state index in [2.05, 4.69) is 0 Å². The molecule has 0 amide bonds. The molecule has 0 fully saturated rings. The Morgan fingerprint density at radius 3 is 2.14 bits per heavy atom. The molecule has 3 rings (SSSR count). The van der Waals surface area contributed by atoms with E-state index < -0.39 is 34.8 Å². The normalized spacial score (nSPS) is 11.2. The second-order valence-corrected chi connectivity index (χ2v) is 5.81. The SMILES string of the molecule is CC=CCOc1cc(F)c(C(=O)Oc2ccc3cc(F)c(F)cc3c2)c(F)c1. The van der Waals surface area contributed by atoms with Crippen LogP contribution in [0, 0.1) is 23.3 Å². The standard InChI is InChI=1S/C21H14F4O3/c1-2-3-6-27-15-10-18(24)20(19(25)11-15)21(26)28-14-5-4-12-8-16(22)17(23)9-13(12)7-14/h2-5,7-11H,6H2,1H3. The van der Waals surface area contributed by atoms with E-state index in [-0.39, 0.29) is 23.5 Å². The zero-order chi connectivity index (χ0) is 20.3. The summed E-state index contributed by atoms with van der Waals surface area (Å²) < 4.78 is 65.1. The van der Waals surface area contributed by atoms with E-state index in [1.165, 1.54) is 18.2 Å². The van der Waals surface area contributed by atoms with Crippen molar-refractivity contribution in [2.24, 2.45) is 0 Å². The minimum absolute atomic E-state index is 0.0734. The molecule has 0 aliphatic heterocycles. The lowest BCUT2D eigenvalue weighted by Gasteiger charge is -2.10. The lowest BCUT2D eigenvalue weighted by atomic mass is 10.1. The number of carbonyl (C=O) groups excluding carboxylic acids is 1. The third-order valence-corrected chi connectivity index (χ3v) is 3.86. The summed E-state index contributed by atoms with van der Waals surface area (Å²) in [5.74, 6) is -5.79. The summed E-state index contributed by atoms with van der Waals surface area (Å²) in [6, 6.07) is 7.64. The molecule has 0 atom stereocenters. The van der Waals surface area contributed by atoms with E-state index in [0.29, 0.717) is 5.39 Å². The first-order valence-corrected chi connectivity index (χ1v) is 8.23. The number of ether oxygens (including phenoxy) is 2. The number of carbonyl (C=O) groups is 1. The minimum Gasteiger partial charge on any atom is -0.489 e. The fourth-order valence-corrected chi connectivity index (χ4v) is 2.51. The summed E-state index contributed by atoms with van der Waals surface area (Å²) in [6.45, 7) is 1.88. The molecule has 3 aromatic rings. The largest absolute Gasteiger partial charge is 0.489 e. The van der Waals surface area contributed by atoms with Crippen molar-refractivity contribution in [2.75, 3.05) is 6.61 Å². The smallest absolute Gasteiger partial charge is 0.349 e. The number of hydrogen-bond donors (Lipinski definition) is 0. The zero-order valence-corrected chi connectivity index (χ0v) is 14.6. The Bertz CT molecular complexity index is 1050. The van der Waals surface area contributed by atoms with Gasteiger partial charge in [0.2, 0.25) is 0 Å². The Hall–Kier alpha value is -3.35. The van der Waals surface area contributed by atoms with Crippen LogP contribution in [-0.2, 0) is 0 Å². The molecule has 144 valence electrons. The van der Waals surface area contributed by atoms with Gasteiger partial charge in [0.25, 0.3) is 0 Å². The first-order valence-electron chi connectivity index (χ1n) is 8.23. The Morgan fingerprint density at radius 2 is 1.50 bits per heavy atom. The van der Waals surface area contributed by atoms with Crippen LogP contribution in [0.15, 0.2) is 54.6 Å². The number of fused-ring (bicyclic) bond motifs is 1. The maximum atomic E-state index is 14.2. The van der Waals surface area contributed by atoms with Crippen LogP contribution in [-0.4, -0.2) is 12.6 Å². The molecule has 3 nitrogen and oxygen atoms in total. The second kappa shape index (κ2) is 8.12. The molecule has 0 heterocycles. The summed E-state index contributed by atoms with van der Waals surface area (Å²) in [5, 5.41) is 0.636. The van der Waals surface area contributed by atoms with Gasteiger partial charge >= 0.3 is 5.97 Å². The number of hydrogen-bond acceptors (Lipinski definition) is 3. The van der Waals surface area contributed by atoms with Gasteiger partial charge in [-0.1, -0.05) is 18.2 Å². The van der Waals surface area contributed by atoms with Crippen LogP contribution >= 0.6 is 0 Å². The molecule has 0 radical (unpaired) electrons. The van der Waals surface area contributed by atoms with E-state index in [1.54, 1.807) is 19.1 Å². The monoisotopic (exact) mass is 390 g/mol. The summed E-state index contributed by atoms with van der Waals surface area (Å²) >= 11 is 0. The predicted octanol–water partition coefficient (Wildman–Crippen LogP) is 5.57. The fraction of sp³-hybridized carbons (Fsp3) is 0.0952. The van der Waals surface area contributed by atoms with Gasteiger partial charge in [-0.3, -0.25) is 0 Å². The van der Waals surface area contributed by atoms with Gasteiger partial charge in [0.1, 0.15) is 35.3 Å². The Morgan fingerprint density at radius 1 is 0.857 bits per heavy atom. The fourth-order valence-electron chi connectivity index (χ4n) is 2.51. The molecule has 3 aromatic carbocycles. The molecule has 0 aromatic heterocycles. The molecule has 0 bridgehead atoms. The number of esters is 1. The van der Waals surface area contributed by atoms with Crippen molar-refractivity contribution < 1.29 is 31.8 Å². The molecule has 0 saturated carbocycles. The lowest BCUT2D eigenvalue weighted by molar-refractivity contribution is 0.0724. The van der Waals surface area contributed by atoms with Crippen molar-refractivity contribution in [3.8, 4) is 11.5 Å². The highest BCUT2D eigenvalue weighted by Gasteiger charge is 2.21. The predicted molar refractivity (Wildman–Crippen MR) is 95.5 cm³/mol. The average Bonchev–Trinajstić information content (AvgIpc) is 2.62. The van der Waals surface area contributed by atoms with Gasteiger partial charge < -0.3 is 9.47 Å². The van der Waals surface area contributed by atoms with Crippen molar-refractivity contribution in [2.45, 2.75) is 6.92 Å². The van der Waals surface area contributed by atoms with Gasteiger partial charge in [0.15, 0.2) is 11.6 Å². The average molecular weight is 390 g/mol. The van der Waals surface area contributed by atoms with E-state index in [4.69, 9.17) is 9.47 Å². The molecule has 0 spiro atoms. The van der Waals surface area contributed by atoms with Crippen molar-refractivity contribution in [1.29, 1.82) is 0 Å². The van der Waals surface area contributed by atoms with Gasteiger partial charge in [0.05, 0.1) is 0 Å². The van der Waals surface area contributed by atoms with Crippen molar-refractivity contribution >= 4 is 16.7 Å². The van der Waals surface area contributed by atoms with Gasteiger partial charge in [-0.05, 0) is 42.0 Å². The van der Waals surface area contributed by atoms with Crippen LogP contribution in [0.25, 0.3) is 10.8 Å². The maximum Gasteiger partial charge on any atom is 0.349 e. The minimum atomic E-state index is -1.27. The molecular formula is C21H14F4O3. The molecule has 0 unspecified atom stereocenters. The van der Waals surface area contributed by atoms with E-state index in [0.717, 1.165) is 24.3 Å². The van der Waals surface area contributed by atoms with E-state index in [9.17, 15) is 22.4 Å². The van der Waals surface area contributed by atoms with Crippen LogP contribution in [0.1, 0.15) is 17.3 Å². The Balaban J connectivity index is 1.84. The number of halogens is 4. The molecule has 0 N–H and O–H groups in total. The van der Waals surface area contributed by atoms with Gasteiger partial charge in [0, 0.05) is 12.1 Å². The van der Waals surface area contributed by atoms with Gasteiger partial charge in [-0.15, -0.1) is 0 Å². The molecule has 28 heavy (non-hydrogen) atoms. The van der Waals surface area contributed by atoms with Crippen molar-refractivity contribution in [3.63, 3.8) is 0 Å². The van der Waals surface area contributed by atoms with Crippen molar-refractivity contribution in [1.82, 2.24) is 0 Å². The molecular weight excluding hydrogens is 376 g/mol. The third-order valence-electron chi connectivity index (χ3n) is 3.86. The first kappa shape index (κ1) is 19.4. The third kappa shape index (κ3) is 4.14. The summed E-state index contributed by atoms with van der Waals surface area (Å²) in [7, 11) is 0. The number of allylic oxidation sites excluding steroid dienone is 1. The van der Waals surface area contributed by atoms with Crippen molar-refractivity contribution in [3.05, 3.63) is 83.4 Å². The van der Waals surface area contributed by atoms with Crippen LogP contribution in [0.5, 0.6) is 11.5 Å². The van der Waals surface area contributed by atoms with Gasteiger partial charge in [-0.25, -0.2) is 22.4 Å². The quantitative estimate of drug-likeness (QED) is 0.247. The molecule has 7 heteroatoms. The molecule has 0 aliphatic carbocycles. The number of rotatable bonds is 5. The topological polar surface area (TPSA) is 35.5 Å². The zero-order valence-electron chi connectivity index (χ0n) is 14.6. The highest BCUT2D eigenvalue weighted by molar-refractivity contribution is 5.93. The maximum absolute atomic E-state index is 14.2. The summed E-state index contributed by atoms with van der Waals surface area (Å²) in [5.41, 5.74) is -0.885. The summed E-state index contributed by atoms with van der Waals surface area (Å²) in [6.07, 6.45) is 3.36. The van der Waals surface area contributed by atoms with E-state index >= 15 is 0 Å². The molecule has 0 saturated heterocycles. The van der Waals surface area contributed by atoms with Gasteiger partial charge in [-0.2, -0.15) is 0 Å². The van der Waals surface area contributed by atoms with Crippen LogP contribution in [0.2, 0.25) is 0 Å². The molecule has 0 aliphatic rings. The first-order chi connectivity index (χ1) is 13.4. The highest BCUT2D eigenvalue weighted by atomic mass is 19.2. The van der Waals surface area contributed by atoms with Crippen LogP contribution < -0.4 is 9.47 Å². The Kier molecular flexibility index (Phi) is 5.63. The Labute approximate surface area is 157 Å².